The highest BCUT2D eigenvalue weighted by molar-refractivity contribution is 5.51. The Morgan fingerprint density at radius 3 is 1.52 bits per heavy atom. The molecule has 126 valence electrons. The van der Waals surface area contributed by atoms with Crippen LogP contribution in [-0.4, -0.2) is 13.1 Å². The highest BCUT2D eigenvalue weighted by Crippen LogP contribution is 2.33. The second-order valence-corrected chi connectivity index (χ2v) is 6.89. The summed E-state index contributed by atoms with van der Waals surface area (Å²) in [5.74, 6) is 0.290. The number of anilines is 1. The van der Waals surface area contributed by atoms with Crippen LogP contribution in [0.1, 0.15) is 41.9 Å². The van der Waals surface area contributed by atoms with E-state index in [0.717, 1.165) is 0 Å². The summed E-state index contributed by atoms with van der Waals surface area (Å²) >= 11 is 0. The van der Waals surface area contributed by atoms with Gasteiger partial charge >= 0.3 is 0 Å². The Balaban J connectivity index is 1.68. The van der Waals surface area contributed by atoms with Crippen LogP contribution in [-0.2, 0) is 0 Å². The summed E-state index contributed by atoms with van der Waals surface area (Å²) in [6.07, 6.45) is 4.01. The Hall–Kier alpha value is -2.54. The molecule has 1 heteroatoms. The van der Waals surface area contributed by atoms with E-state index in [2.05, 4.69) is 89.8 Å². The molecule has 4 rings (SSSR count). The molecule has 3 aromatic carbocycles. The molecule has 0 atom stereocenters. The van der Waals surface area contributed by atoms with Gasteiger partial charge in [0.1, 0.15) is 0 Å². The maximum Gasteiger partial charge on any atom is 0.0366 e. The largest absolute Gasteiger partial charge is 0.372 e. The van der Waals surface area contributed by atoms with E-state index in [9.17, 15) is 0 Å². The molecule has 1 fully saturated rings. The quantitative estimate of drug-likeness (QED) is 0.543. The van der Waals surface area contributed by atoms with E-state index in [1.165, 1.54) is 54.7 Å². The van der Waals surface area contributed by atoms with Crippen LogP contribution >= 0.6 is 0 Å². The molecule has 1 aliphatic rings. The lowest BCUT2D eigenvalue weighted by molar-refractivity contribution is 0.578. The number of rotatable bonds is 4. The van der Waals surface area contributed by atoms with Gasteiger partial charge in [0.05, 0.1) is 0 Å². The maximum absolute atomic E-state index is 2.52. The molecule has 0 amide bonds. The average molecular weight is 327 g/mol. The van der Waals surface area contributed by atoms with Gasteiger partial charge in [0.2, 0.25) is 0 Å². The first-order valence-corrected chi connectivity index (χ1v) is 9.36. The van der Waals surface area contributed by atoms with E-state index >= 15 is 0 Å². The molecule has 1 aliphatic heterocycles. The Labute approximate surface area is 150 Å². The molecule has 0 saturated carbocycles. The fourth-order valence-electron chi connectivity index (χ4n) is 3.90. The highest BCUT2D eigenvalue weighted by atomic mass is 15.1. The van der Waals surface area contributed by atoms with E-state index in [-0.39, 0.29) is 5.92 Å². The third-order valence-electron chi connectivity index (χ3n) is 5.21. The average Bonchev–Trinajstić information content (AvgIpc) is 2.71. The van der Waals surface area contributed by atoms with Gasteiger partial charge in [0.25, 0.3) is 0 Å². The monoisotopic (exact) mass is 327 g/mol. The van der Waals surface area contributed by atoms with Crippen LogP contribution in [0, 0.1) is 0 Å². The lowest BCUT2D eigenvalue weighted by Gasteiger charge is -2.29. The van der Waals surface area contributed by atoms with Crippen LogP contribution in [0.2, 0.25) is 0 Å². The number of benzene rings is 3. The van der Waals surface area contributed by atoms with E-state index in [0.29, 0.717) is 0 Å². The van der Waals surface area contributed by atoms with E-state index in [1.807, 2.05) is 0 Å². The molecule has 25 heavy (non-hydrogen) atoms. The molecule has 1 heterocycles. The maximum atomic E-state index is 2.52. The van der Waals surface area contributed by atoms with E-state index in [4.69, 9.17) is 0 Å². The SMILES string of the molecule is c1ccc(C(c2ccccc2)c2ccc(N3CCCCC3)cc2)cc1. The van der Waals surface area contributed by atoms with Gasteiger partial charge in [-0.3, -0.25) is 0 Å². The first-order valence-electron chi connectivity index (χ1n) is 9.36. The first kappa shape index (κ1) is 16.0. The number of hydrogen-bond donors (Lipinski definition) is 0. The molecule has 1 saturated heterocycles. The highest BCUT2D eigenvalue weighted by Gasteiger charge is 2.17. The molecule has 0 bridgehead atoms. The summed E-state index contributed by atoms with van der Waals surface area (Å²) in [5, 5.41) is 0. The second-order valence-electron chi connectivity index (χ2n) is 6.89. The third kappa shape index (κ3) is 3.61. The van der Waals surface area contributed by atoms with Gasteiger partial charge in [-0.1, -0.05) is 72.8 Å². The van der Waals surface area contributed by atoms with Crippen molar-refractivity contribution in [3.63, 3.8) is 0 Å². The summed E-state index contributed by atoms with van der Waals surface area (Å²) in [6, 6.07) is 30.9. The minimum atomic E-state index is 0.290. The van der Waals surface area contributed by atoms with E-state index in [1.54, 1.807) is 0 Å². The number of piperidine rings is 1. The topological polar surface area (TPSA) is 3.24 Å². The zero-order chi connectivity index (χ0) is 16.9. The fourth-order valence-corrected chi connectivity index (χ4v) is 3.90. The third-order valence-corrected chi connectivity index (χ3v) is 5.21. The molecule has 0 aliphatic carbocycles. The summed E-state index contributed by atoms with van der Waals surface area (Å²) in [7, 11) is 0. The molecule has 1 nitrogen and oxygen atoms in total. The van der Waals surface area contributed by atoms with Crippen LogP contribution in [0.25, 0.3) is 0 Å². The summed E-state index contributed by atoms with van der Waals surface area (Å²) in [4.78, 5) is 2.52. The van der Waals surface area contributed by atoms with Gasteiger partial charge in [-0.2, -0.15) is 0 Å². The predicted molar refractivity (Wildman–Crippen MR) is 106 cm³/mol. The van der Waals surface area contributed by atoms with Gasteiger partial charge in [-0.25, -0.2) is 0 Å². The van der Waals surface area contributed by atoms with Crippen molar-refractivity contribution < 1.29 is 0 Å². The van der Waals surface area contributed by atoms with Crippen LogP contribution in [0.3, 0.4) is 0 Å². The number of nitrogens with zero attached hydrogens (tertiary/aromatic N) is 1. The molecule has 0 aromatic heterocycles. The normalized spacial score (nSPS) is 14.7. The van der Waals surface area contributed by atoms with Crippen molar-refractivity contribution in [1.82, 2.24) is 0 Å². The van der Waals surface area contributed by atoms with Crippen LogP contribution in [0.4, 0.5) is 5.69 Å². The van der Waals surface area contributed by atoms with Crippen LogP contribution in [0.15, 0.2) is 84.9 Å². The van der Waals surface area contributed by atoms with Gasteiger partial charge < -0.3 is 4.90 Å². The second kappa shape index (κ2) is 7.57. The minimum Gasteiger partial charge on any atom is -0.372 e. The molecular weight excluding hydrogens is 302 g/mol. The lowest BCUT2D eigenvalue weighted by Crippen LogP contribution is -2.29. The molecule has 0 N–H and O–H groups in total. The molecule has 0 unspecified atom stereocenters. The van der Waals surface area contributed by atoms with Gasteiger partial charge in [0.15, 0.2) is 0 Å². The zero-order valence-corrected chi connectivity index (χ0v) is 14.6. The molecule has 3 aromatic rings. The fraction of sp³-hybridized carbons (Fsp3) is 0.250. The van der Waals surface area contributed by atoms with Gasteiger partial charge in [-0.05, 0) is 48.1 Å². The Morgan fingerprint density at radius 1 is 0.520 bits per heavy atom. The minimum absolute atomic E-state index is 0.290. The van der Waals surface area contributed by atoms with Crippen LogP contribution < -0.4 is 4.90 Å². The summed E-state index contributed by atoms with van der Waals surface area (Å²) in [6.45, 7) is 2.39. The molecular formula is C24H25N. The smallest absolute Gasteiger partial charge is 0.0366 e. The number of hydrogen-bond acceptors (Lipinski definition) is 1. The summed E-state index contributed by atoms with van der Waals surface area (Å²) in [5.41, 5.74) is 5.42. The van der Waals surface area contributed by atoms with Crippen molar-refractivity contribution in [3.8, 4) is 0 Å². The predicted octanol–water partition coefficient (Wildman–Crippen LogP) is 5.86. The molecule has 0 spiro atoms. The van der Waals surface area contributed by atoms with Crippen molar-refractivity contribution >= 4 is 5.69 Å². The first-order chi connectivity index (χ1) is 12.4. The summed E-state index contributed by atoms with van der Waals surface area (Å²) < 4.78 is 0. The van der Waals surface area contributed by atoms with Gasteiger partial charge in [-0.15, -0.1) is 0 Å². The lowest BCUT2D eigenvalue weighted by atomic mass is 9.85. The Kier molecular flexibility index (Phi) is 4.83. The van der Waals surface area contributed by atoms with Crippen molar-refractivity contribution in [3.05, 3.63) is 102 Å². The zero-order valence-electron chi connectivity index (χ0n) is 14.6. The van der Waals surface area contributed by atoms with Crippen molar-refractivity contribution in [2.45, 2.75) is 25.2 Å². The van der Waals surface area contributed by atoms with Crippen molar-refractivity contribution in [2.75, 3.05) is 18.0 Å². The van der Waals surface area contributed by atoms with E-state index < -0.39 is 0 Å². The Morgan fingerprint density at radius 2 is 1.00 bits per heavy atom. The van der Waals surface area contributed by atoms with Crippen LogP contribution in [0.5, 0.6) is 0 Å². The van der Waals surface area contributed by atoms with Crippen molar-refractivity contribution in [1.29, 1.82) is 0 Å². The molecule has 0 radical (unpaired) electrons. The Bertz CT molecular complexity index is 732. The van der Waals surface area contributed by atoms with Crippen molar-refractivity contribution in [2.24, 2.45) is 0 Å². The van der Waals surface area contributed by atoms with Gasteiger partial charge in [0, 0.05) is 24.7 Å². The standard InChI is InChI=1S/C24H25N/c1-4-10-20(11-5-1)24(21-12-6-2-7-13-21)22-14-16-23(17-15-22)25-18-8-3-9-19-25/h1-2,4-7,10-17,24H,3,8-9,18-19H2.